The topological polar surface area (TPSA) is 42.4 Å². The van der Waals surface area contributed by atoms with Crippen LogP contribution >= 0.6 is 27.3 Å². The summed E-state index contributed by atoms with van der Waals surface area (Å²) in [6.45, 7) is 0.00459. The van der Waals surface area contributed by atoms with Gasteiger partial charge in [-0.3, -0.25) is 0 Å². The minimum Gasteiger partial charge on any atom is -0.497 e. The van der Waals surface area contributed by atoms with Crippen molar-refractivity contribution in [1.29, 1.82) is 0 Å². The lowest BCUT2D eigenvalue weighted by molar-refractivity contribution is 0.286. The highest BCUT2D eigenvalue weighted by atomic mass is 79.9. The molecule has 0 spiro atoms. The monoisotopic (exact) mass is 299 g/mol. The molecule has 1 N–H and O–H groups in total. The summed E-state index contributed by atoms with van der Waals surface area (Å²) < 4.78 is 5.87. The SMILES string of the molecule is COc1ccc(-c2nc(Br)sc2CO)cc1. The molecular formula is C11H10BrNO2S. The normalized spacial score (nSPS) is 10.4. The van der Waals surface area contributed by atoms with E-state index in [1.807, 2.05) is 24.3 Å². The molecule has 0 saturated carbocycles. The van der Waals surface area contributed by atoms with Gasteiger partial charge in [-0.25, -0.2) is 4.98 Å². The first-order chi connectivity index (χ1) is 7.74. The highest BCUT2D eigenvalue weighted by Crippen LogP contribution is 2.31. The standard InChI is InChI=1S/C11H10BrNO2S/c1-15-8-4-2-7(3-5-8)10-9(6-14)16-11(12)13-10/h2-5,14H,6H2,1H3. The Morgan fingerprint density at radius 2 is 2.06 bits per heavy atom. The van der Waals surface area contributed by atoms with Gasteiger partial charge in [-0.05, 0) is 40.2 Å². The van der Waals surface area contributed by atoms with Crippen LogP contribution in [0.2, 0.25) is 0 Å². The molecule has 0 unspecified atom stereocenters. The number of halogens is 1. The van der Waals surface area contributed by atoms with Crippen molar-refractivity contribution in [3.8, 4) is 17.0 Å². The molecular weight excluding hydrogens is 290 g/mol. The Hall–Kier alpha value is -0.910. The fraction of sp³-hybridized carbons (Fsp3) is 0.182. The van der Waals surface area contributed by atoms with Crippen molar-refractivity contribution in [3.63, 3.8) is 0 Å². The predicted molar refractivity (Wildman–Crippen MR) is 67.7 cm³/mol. The van der Waals surface area contributed by atoms with E-state index in [1.54, 1.807) is 7.11 Å². The molecule has 0 fully saturated rings. The third-order valence-electron chi connectivity index (χ3n) is 2.18. The average molecular weight is 300 g/mol. The largest absolute Gasteiger partial charge is 0.497 e. The summed E-state index contributed by atoms with van der Waals surface area (Å²) in [5.41, 5.74) is 1.80. The molecule has 0 radical (unpaired) electrons. The number of hydrogen-bond donors (Lipinski definition) is 1. The van der Waals surface area contributed by atoms with Crippen molar-refractivity contribution in [2.75, 3.05) is 7.11 Å². The molecule has 0 amide bonds. The lowest BCUT2D eigenvalue weighted by Crippen LogP contribution is -1.86. The fourth-order valence-corrected chi connectivity index (χ4v) is 2.83. The van der Waals surface area contributed by atoms with E-state index in [4.69, 9.17) is 4.74 Å². The number of nitrogens with zero attached hydrogens (tertiary/aromatic N) is 1. The molecule has 0 aliphatic heterocycles. The van der Waals surface area contributed by atoms with Crippen molar-refractivity contribution >= 4 is 27.3 Å². The second kappa shape index (κ2) is 4.95. The molecule has 1 aromatic heterocycles. The maximum atomic E-state index is 9.22. The van der Waals surface area contributed by atoms with E-state index in [0.717, 1.165) is 25.8 Å². The number of ether oxygens (including phenoxy) is 1. The van der Waals surface area contributed by atoms with Gasteiger partial charge in [0.1, 0.15) is 5.75 Å². The van der Waals surface area contributed by atoms with Crippen molar-refractivity contribution in [2.24, 2.45) is 0 Å². The third-order valence-corrected chi connectivity index (χ3v) is 3.67. The van der Waals surface area contributed by atoms with E-state index < -0.39 is 0 Å². The summed E-state index contributed by atoms with van der Waals surface area (Å²) in [6, 6.07) is 7.62. The number of methoxy groups -OCH3 is 1. The number of hydrogen-bond acceptors (Lipinski definition) is 4. The van der Waals surface area contributed by atoms with E-state index in [2.05, 4.69) is 20.9 Å². The van der Waals surface area contributed by atoms with Gasteiger partial charge in [-0.1, -0.05) is 0 Å². The number of aliphatic hydroxyl groups is 1. The highest BCUT2D eigenvalue weighted by Gasteiger charge is 2.10. The molecule has 1 aromatic carbocycles. The molecule has 84 valence electrons. The van der Waals surface area contributed by atoms with Gasteiger partial charge in [0.2, 0.25) is 0 Å². The summed E-state index contributed by atoms with van der Waals surface area (Å²) in [7, 11) is 1.63. The van der Waals surface area contributed by atoms with Gasteiger partial charge < -0.3 is 9.84 Å². The maximum Gasteiger partial charge on any atom is 0.160 e. The van der Waals surface area contributed by atoms with Crippen LogP contribution < -0.4 is 4.74 Å². The summed E-state index contributed by atoms with van der Waals surface area (Å²) in [4.78, 5) is 5.20. The average Bonchev–Trinajstić information content (AvgIpc) is 2.70. The van der Waals surface area contributed by atoms with Crippen LogP contribution in [0.4, 0.5) is 0 Å². The van der Waals surface area contributed by atoms with Crippen LogP contribution in [0.15, 0.2) is 28.2 Å². The van der Waals surface area contributed by atoms with Crippen LogP contribution in [0, 0.1) is 0 Å². The molecule has 0 aliphatic carbocycles. The Bertz CT molecular complexity index is 481. The molecule has 0 atom stereocenters. The lowest BCUT2D eigenvalue weighted by atomic mass is 10.1. The molecule has 16 heavy (non-hydrogen) atoms. The van der Waals surface area contributed by atoms with Crippen LogP contribution in [0.1, 0.15) is 4.88 Å². The van der Waals surface area contributed by atoms with Crippen LogP contribution in [0.3, 0.4) is 0 Å². The van der Waals surface area contributed by atoms with Crippen LogP contribution in [-0.4, -0.2) is 17.2 Å². The number of thiazole rings is 1. The van der Waals surface area contributed by atoms with Gasteiger partial charge in [0.05, 0.1) is 24.3 Å². The fourth-order valence-electron chi connectivity index (χ4n) is 1.40. The molecule has 3 nitrogen and oxygen atoms in total. The van der Waals surface area contributed by atoms with Gasteiger partial charge in [0, 0.05) is 5.56 Å². The van der Waals surface area contributed by atoms with Gasteiger partial charge in [-0.15, -0.1) is 11.3 Å². The van der Waals surface area contributed by atoms with Gasteiger partial charge in [0.15, 0.2) is 3.92 Å². The van der Waals surface area contributed by atoms with Crippen LogP contribution in [0.25, 0.3) is 11.3 Å². The molecule has 1 heterocycles. The molecule has 0 bridgehead atoms. The Morgan fingerprint density at radius 3 is 2.62 bits per heavy atom. The third kappa shape index (κ3) is 2.26. The number of aromatic nitrogens is 1. The van der Waals surface area contributed by atoms with Crippen LogP contribution in [0.5, 0.6) is 5.75 Å². The zero-order valence-corrected chi connectivity index (χ0v) is 11.0. The molecule has 0 aliphatic rings. The van der Waals surface area contributed by atoms with Gasteiger partial charge >= 0.3 is 0 Å². The van der Waals surface area contributed by atoms with E-state index in [0.29, 0.717) is 0 Å². The summed E-state index contributed by atoms with van der Waals surface area (Å²) in [6.07, 6.45) is 0. The zero-order valence-electron chi connectivity index (χ0n) is 8.61. The van der Waals surface area contributed by atoms with E-state index >= 15 is 0 Å². The molecule has 0 saturated heterocycles. The van der Waals surface area contributed by atoms with Gasteiger partial charge in [0.25, 0.3) is 0 Å². The molecule has 2 rings (SSSR count). The van der Waals surface area contributed by atoms with Crippen molar-refractivity contribution in [1.82, 2.24) is 4.98 Å². The number of aliphatic hydroxyl groups excluding tert-OH is 1. The first-order valence-corrected chi connectivity index (χ1v) is 6.26. The second-order valence-electron chi connectivity index (χ2n) is 3.13. The minimum absolute atomic E-state index is 0.00459. The summed E-state index contributed by atoms with van der Waals surface area (Å²) >= 11 is 4.76. The Morgan fingerprint density at radius 1 is 1.38 bits per heavy atom. The Labute approximate surface area is 106 Å². The molecule has 2 aromatic rings. The van der Waals surface area contributed by atoms with Crippen molar-refractivity contribution < 1.29 is 9.84 Å². The van der Waals surface area contributed by atoms with Crippen molar-refractivity contribution in [2.45, 2.75) is 6.61 Å². The van der Waals surface area contributed by atoms with E-state index in [9.17, 15) is 5.11 Å². The number of benzene rings is 1. The smallest absolute Gasteiger partial charge is 0.160 e. The minimum atomic E-state index is 0.00459. The summed E-state index contributed by atoms with van der Waals surface area (Å²) in [5.74, 6) is 0.809. The van der Waals surface area contributed by atoms with Gasteiger partial charge in [-0.2, -0.15) is 0 Å². The Kier molecular flexibility index (Phi) is 3.58. The highest BCUT2D eigenvalue weighted by molar-refractivity contribution is 9.11. The van der Waals surface area contributed by atoms with E-state index in [-0.39, 0.29) is 6.61 Å². The summed E-state index contributed by atoms with van der Waals surface area (Å²) in [5, 5.41) is 9.22. The number of rotatable bonds is 3. The quantitative estimate of drug-likeness (QED) is 0.947. The molecule has 5 heteroatoms. The second-order valence-corrected chi connectivity index (χ2v) is 5.48. The first kappa shape index (κ1) is 11.6. The maximum absolute atomic E-state index is 9.22. The predicted octanol–water partition coefficient (Wildman–Crippen LogP) is 3.07. The zero-order chi connectivity index (χ0) is 11.5. The first-order valence-electron chi connectivity index (χ1n) is 4.65. The van der Waals surface area contributed by atoms with Crippen LogP contribution in [-0.2, 0) is 6.61 Å². The van der Waals surface area contributed by atoms with E-state index in [1.165, 1.54) is 11.3 Å². The van der Waals surface area contributed by atoms with Crippen molar-refractivity contribution in [3.05, 3.63) is 33.1 Å². The lowest BCUT2D eigenvalue weighted by Gasteiger charge is -2.02. The Balaban J connectivity index is 2.41.